The summed E-state index contributed by atoms with van der Waals surface area (Å²) in [6, 6.07) is 0. The quantitative estimate of drug-likeness (QED) is 0.484. The van der Waals surface area contributed by atoms with E-state index in [0.29, 0.717) is 6.42 Å². The molecule has 0 atom stereocenters. The molecule has 0 saturated heterocycles. The highest BCUT2D eigenvalue weighted by Crippen LogP contribution is 2.04. The van der Waals surface area contributed by atoms with Crippen LogP contribution in [0.2, 0.25) is 0 Å². The minimum Gasteiger partial charge on any atom is -0.212 e. The van der Waals surface area contributed by atoms with Crippen LogP contribution >= 0.6 is 0 Å². The highest BCUT2D eigenvalue weighted by atomic mass is 19.1. The summed E-state index contributed by atoms with van der Waals surface area (Å²) in [7, 11) is 0. The molecule has 46 valence electrons. The first-order chi connectivity index (χ1) is 3.66. The predicted octanol–water partition coefficient (Wildman–Crippen LogP) is 2.83. The smallest absolute Gasteiger partial charge is 0.0999 e. The van der Waals surface area contributed by atoms with Crippen LogP contribution in [0.25, 0.3) is 0 Å². The SMILES string of the molecule is C=C(C)/C=C(/F)CC. The van der Waals surface area contributed by atoms with Crippen LogP contribution in [0.1, 0.15) is 20.3 Å². The van der Waals surface area contributed by atoms with Crippen LogP contribution in [0.5, 0.6) is 0 Å². The third-order valence-corrected chi connectivity index (χ3v) is 0.741. The van der Waals surface area contributed by atoms with E-state index in [1.54, 1.807) is 13.8 Å². The van der Waals surface area contributed by atoms with Crippen LogP contribution in [0.4, 0.5) is 4.39 Å². The van der Waals surface area contributed by atoms with Gasteiger partial charge in [0.25, 0.3) is 0 Å². The Labute approximate surface area is 49.7 Å². The van der Waals surface area contributed by atoms with E-state index in [4.69, 9.17) is 0 Å². The van der Waals surface area contributed by atoms with Gasteiger partial charge in [-0.05, 0) is 19.4 Å². The number of allylic oxidation sites excluding steroid dienone is 3. The maximum Gasteiger partial charge on any atom is 0.0999 e. The van der Waals surface area contributed by atoms with Crippen molar-refractivity contribution in [1.29, 1.82) is 0 Å². The first kappa shape index (κ1) is 7.41. The maximum atomic E-state index is 12.2. The molecule has 8 heavy (non-hydrogen) atoms. The van der Waals surface area contributed by atoms with E-state index in [2.05, 4.69) is 6.58 Å². The third kappa shape index (κ3) is 3.59. The second-order valence-corrected chi connectivity index (χ2v) is 1.79. The van der Waals surface area contributed by atoms with E-state index in [0.717, 1.165) is 5.57 Å². The van der Waals surface area contributed by atoms with Gasteiger partial charge in [-0.3, -0.25) is 0 Å². The first-order valence-corrected chi connectivity index (χ1v) is 2.68. The van der Waals surface area contributed by atoms with E-state index >= 15 is 0 Å². The lowest BCUT2D eigenvalue weighted by molar-refractivity contribution is 0.603. The lowest BCUT2D eigenvalue weighted by Gasteiger charge is -1.87. The third-order valence-electron chi connectivity index (χ3n) is 0.741. The molecular formula is C7H11F. The van der Waals surface area contributed by atoms with E-state index in [-0.39, 0.29) is 5.83 Å². The van der Waals surface area contributed by atoms with E-state index in [1.807, 2.05) is 0 Å². The van der Waals surface area contributed by atoms with Crippen molar-refractivity contribution in [3.05, 3.63) is 24.1 Å². The molecule has 0 aliphatic rings. The van der Waals surface area contributed by atoms with Gasteiger partial charge in [0.05, 0.1) is 5.83 Å². The van der Waals surface area contributed by atoms with Crippen molar-refractivity contribution >= 4 is 0 Å². The Morgan fingerprint density at radius 1 is 1.75 bits per heavy atom. The minimum atomic E-state index is -0.0995. The van der Waals surface area contributed by atoms with Crippen molar-refractivity contribution in [2.45, 2.75) is 20.3 Å². The fourth-order valence-electron chi connectivity index (χ4n) is 0.369. The molecular weight excluding hydrogens is 103 g/mol. The van der Waals surface area contributed by atoms with Gasteiger partial charge in [-0.15, -0.1) is 0 Å². The van der Waals surface area contributed by atoms with Gasteiger partial charge in [-0.2, -0.15) is 0 Å². The number of hydrogen-bond acceptors (Lipinski definition) is 0. The fourth-order valence-corrected chi connectivity index (χ4v) is 0.369. The molecule has 0 aromatic heterocycles. The summed E-state index contributed by atoms with van der Waals surface area (Å²) in [6.45, 7) is 7.07. The highest BCUT2D eigenvalue weighted by molar-refractivity contribution is 5.13. The van der Waals surface area contributed by atoms with Crippen LogP contribution in [-0.4, -0.2) is 0 Å². The molecule has 0 spiro atoms. The fraction of sp³-hybridized carbons (Fsp3) is 0.429. The highest BCUT2D eigenvalue weighted by Gasteiger charge is 1.85. The van der Waals surface area contributed by atoms with E-state index < -0.39 is 0 Å². The van der Waals surface area contributed by atoms with Gasteiger partial charge in [-0.1, -0.05) is 19.1 Å². The van der Waals surface area contributed by atoms with Crippen molar-refractivity contribution in [1.82, 2.24) is 0 Å². The van der Waals surface area contributed by atoms with Crippen molar-refractivity contribution < 1.29 is 4.39 Å². The topological polar surface area (TPSA) is 0 Å². The molecule has 0 bridgehead atoms. The maximum absolute atomic E-state index is 12.2. The second-order valence-electron chi connectivity index (χ2n) is 1.79. The summed E-state index contributed by atoms with van der Waals surface area (Å²) in [5, 5.41) is 0. The Bertz CT molecular complexity index is 112. The van der Waals surface area contributed by atoms with Gasteiger partial charge in [0.2, 0.25) is 0 Å². The number of rotatable bonds is 2. The van der Waals surface area contributed by atoms with Crippen LogP contribution in [0, 0.1) is 0 Å². The van der Waals surface area contributed by atoms with Gasteiger partial charge < -0.3 is 0 Å². The molecule has 0 aromatic carbocycles. The van der Waals surface area contributed by atoms with Crippen LogP contribution in [0.15, 0.2) is 24.1 Å². The molecule has 0 aromatic rings. The molecule has 0 fully saturated rings. The zero-order chi connectivity index (χ0) is 6.57. The molecule has 0 radical (unpaired) electrons. The van der Waals surface area contributed by atoms with E-state index in [1.165, 1.54) is 6.08 Å². The molecule has 0 heterocycles. The van der Waals surface area contributed by atoms with Crippen molar-refractivity contribution in [3.63, 3.8) is 0 Å². The molecule has 0 amide bonds. The summed E-state index contributed by atoms with van der Waals surface area (Å²) in [5.74, 6) is -0.0995. The predicted molar refractivity (Wildman–Crippen MR) is 34.3 cm³/mol. The summed E-state index contributed by atoms with van der Waals surface area (Å²) < 4.78 is 12.2. The van der Waals surface area contributed by atoms with Gasteiger partial charge in [0, 0.05) is 0 Å². The Morgan fingerprint density at radius 3 is 2.38 bits per heavy atom. The molecule has 0 saturated carbocycles. The molecule has 0 rings (SSSR count). The minimum absolute atomic E-state index is 0.0995. The second kappa shape index (κ2) is 3.42. The van der Waals surface area contributed by atoms with Gasteiger partial charge in [0.15, 0.2) is 0 Å². The summed E-state index contributed by atoms with van der Waals surface area (Å²) >= 11 is 0. The Morgan fingerprint density at radius 2 is 2.25 bits per heavy atom. The Hall–Kier alpha value is -0.590. The monoisotopic (exact) mass is 114 g/mol. The largest absolute Gasteiger partial charge is 0.212 e. The van der Waals surface area contributed by atoms with Gasteiger partial charge in [-0.25, -0.2) is 4.39 Å². The molecule has 1 heteroatoms. The van der Waals surface area contributed by atoms with Gasteiger partial charge in [0.1, 0.15) is 0 Å². The average molecular weight is 114 g/mol. The molecule has 0 unspecified atom stereocenters. The molecule has 0 aliphatic carbocycles. The summed E-state index contributed by atoms with van der Waals surface area (Å²) in [6.07, 6.45) is 1.91. The molecule has 0 aliphatic heterocycles. The Kier molecular flexibility index (Phi) is 3.16. The lowest BCUT2D eigenvalue weighted by atomic mass is 10.3. The first-order valence-electron chi connectivity index (χ1n) is 2.68. The summed E-state index contributed by atoms with van der Waals surface area (Å²) in [5.41, 5.74) is 0.768. The van der Waals surface area contributed by atoms with Crippen molar-refractivity contribution in [2.75, 3.05) is 0 Å². The zero-order valence-electron chi connectivity index (χ0n) is 5.37. The van der Waals surface area contributed by atoms with Crippen LogP contribution < -0.4 is 0 Å². The van der Waals surface area contributed by atoms with E-state index in [9.17, 15) is 4.39 Å². The summed E-state index contributed by atoms with van der Waals surface area (Å²) in [4.78, 5) is 0. The van der Waals surface area contributed by atoms with Crippen LogP contribution in [0.3, 0.4) is 0 Å². The zero-order valence-corrected chi connectivity index (χ0v) is 5.37. The Balaban J connectivity index is 3.75. The number of halogens is 1. The van der Waals surface area contributed by atoms with Gasteiger partial charge >= 0.3 is 0 Å². The van der Waals surface area contributed by atoms with Crippen molar-refractivity contribution in [2.24, 2.45) is 0 Å². The van der Waals surface area contributed by atoms with Crippen molar-refractivity contribution in [3.8, 4) is 0 Å². The molecule has 0 nitrogen and oxygen atoms in total. The normalized spacial score (nSPS) is 11.6. The standard InChI is InChI=1S/C7H11F/c1-4-7(8)5-6(2)3/h5H,2,4H2,1,3H3/b7-5+. The van der Waals surface area contributed by atoms with Crippen LogP contribution in [-0.2, 0) is 0 Å². The number of hydrogen-bond donors (Lipinski definition) is 0. The average Bonchev–Trinajstić information content (AvgIpc) is 1.65. The lowest BCUT2D eigenvalue weighted by Crippen LogP contribution is -1.68. The molecule has 0 N–H and O–H groups in total.